The first-order chi connectivity index (χ1) is 15.8. The van der Waals surface area contributed by atoms with Gasteiger partial charge in [0.25, 0.3) is 0 Å². The second-order valence-corrected chi connectivity index (χ2v) is 8.67. The van der Waals surface area contributed by atoms with Crippen LogP contribution in [0.2, 0.25) is 0 Å². The van der Waals surface area contributed by atoms with Crippen molar-refractivity contribution in [3.8, 4) is 11.1 Å². The van der Waals surface area contributed by atoms with Crippen molar-refractivity contribution in [2.45, 2.75) is 51.5 Å². The van der Waals surface area contributed by atoms with Crippen LogP contribution in [0.15, 0.2) is 48.5 Å². The maximum atomic E-state index is 12.8. The lowest BCUT2D eigenvalue weighted by Crippen LogP contribution is -2.57. The molecule has 0 fully saturated rings. The van der Waals surface area contributed by atoms with Crippen molar-refractivity contribution in [1.29, 1.82) is 0 Å². The van der Waals surface area contributed by atoms with Crippen molar-refractivity contribution in [1.82, 2.24) is 10.6 Å². The molecule has 33 heavy (non-hydrogen) atoms. The summed E-state index contributed by atoms with van der Waals surface area (Å²) < 4.78 is 5.57. The quantitative estimate of drug-likeness (QED) is 0.498. The van der Waals surface area contributed by atoms with E-state index in [2.05, 4.69) is 22.8 Å². The van der Waals surface area contributed by atoms with Crippen LogP contribution in [0.1, 0.15) is 57.1 Å². The molecule has 1 aliphatic rings. The Hall–Kier alpha value is -3.35. The molecule has 7 heteroatoms. The number of amides is 2. The molecule has 0 spiro atoms. The summed E-state index contributed by atoms with van der Waals surface area (Å²) in [5.41, 5.74) is 3.29. The zero-order valence-electron chi connectivity index (χ0n) is 19.4. The third kappa shape index (κ3) is 5.35. The number of carbonyl (C=O) groups is 3. The van der Waals surface area contributed by atoms with Crippen LogP contribution in [0.25, 0.3) is 11.1 Å². The lowest BCUT2D eigenvalue weighted by Gasteiger charge is -2.28. The van der Waals surface area contributed by atoms with Crippen molar-refractivity contribution in [3.63, 3.8) is 0 Å². The van der Waals surface area contributed by atoms with Crippen LogP contribution >= 0.6 is 0 Å². The number of alkyl carbamates (subject to hydrolysis) is 1. The van der Waals surface area contributed by atoms with E-state index in [1.54, 1.807) is 13.8 Å². The maximum Gasteiger partial charge on any atom is 0.408 e. The van der Waals surface area contributed by atoms with Gasteiger partial charge in [0.1, 0.15) is 12.1 Å². The van der Waals surface area contributed by atoms with E-state index in [-0.39, 0.29) is 19.1 Å². The van der Waals surface area contributed by atoms with Crippen molar-refractivity contribution in [3.05, 3.63) is 59.7 Å². The van der Waals surface area contributed by atoms with E-state index in [1.807, 2.05) is 43.3 Å². The molecule has 2 amide bonds. The molecule has 0 aliphatic heterocycles. The second kappa shape index (κ2) is 10.5. The summed E-state index contributed by atoms with van der Waals surface area (Å²) in [5.74, 6) is -2.11. The number of benzene rings is 2. The Kier molecular flexibility index (Phi) is 7.74. The molecule has 0 radical (unpaired) electrons. The van der Waals surface area contributed by atoms with Crippen LogP contribution in [0, 0.1) is 5.92 Å². The standard InChI is InChI=1S/C26H32N2O5/c1-4-10-17(23(29)30)15-27-24(31)26(3,5-2)28-25(32)33-16-22-20-13-8-6-11-18(20)19-12-7-9-14-21(19)22/h6-9,11-14,17,22H,4-5,10,15-16H2,1-3H3,(H,27,31)(H,28,32)(H,29,30). The van der Waals surface area contributed by atoms with Crippen LogP contribution in [0.4, 0.5) is 4.79 Å². The summed E-state index contributed by atoms with van der Waals surface area (Å²) in [6, 6.07) is 16.1. The van der Waals surface area contributed by atoms with Gasteiger partial charge in [-0.05, 0) is 42.0 Å². The third-order valence-electron chi connectivity index (χ3n) is 6.43. The molecule has 2 aromatic carbocycles. The van der Waals surface area contributed by atoms with Gasteiger partial charge in [-0.2, -0.15) is 0 Å². The topological polar surface area (TPSA) is 105 Å². The molecule has 3 N–H and O–H groups in total. The molecule has 2 atom stereocenters. The Balaban J connectivity index is 1.62. The Labute approximate surface area is 194 Å². The highest BCUT2D eigenvalue weighted by Crippen LogP contribution is 2.44. The van der Waals surface area contributed by atoms with Crippen molar-refractivity contribution in [2.75, 3.05) is 13.2 Å². The molecule has 0 aromatic heterocycles. The van der Waals surface area contributed by atoms with Crippen LogP contribution in [0.5, 0.6) is 0 Å². The number of aliphatic carboxylic acids is 1. The molecule has 0 bridgehead atoms. The SMILES string of the molecule is CCCC(CNC(=O)C(C)(CC)NC(=O)OCC1c2ccccc2-c2ccccc21)C(=O)O. The number of carbonyl (C=O) groups excluding carboxylic acids is 2. The molecule has 0 saturated heterocycles. The van der Waals surface area contributed by atoms with E-state index in [0.29, 0.717) is 19.3 Å². The van der Waals surface area contributed by atoms with Crippen molar-refractivity contribution in [2.24, 2.45) is 5.92 Å². The zero-order valence-corrected chi connectivity index (χ0v) is 19.4. The van der Waals surface area contributed by atoms with Crippen LogP contribution < -0.4 is 10.6 Å². The normalized spacial score (nSPS) is 15.0. The first-order valence-corrected chi connectivity index (χ1v) is 11.4. The van der Waals surface area contributed by atoms with Gasteiger partial charge in [-0.15, -0.1) is 0 Å². The lowest BCUT2D eigenvalue weighted by molar-refractivity contribution is -0.142. The Morgan fingerprint density at radius 1 is 1.03 bits per heavy atom. The highest BCUT2D eigenvalue weighted by molar-refractivity contribution is 5.90. The van der Waals surface area contributed by atoms with Crippen LogP contribution in [0.3, 0.4) is 0 Å². The van der Waals surface area contributed by atoms with E-state index in [4.69, 9.17) is 4.74 Å². The number of hydrogen-bond donors (Lipinski definition) is 3. The molecule has 0 saturated carbocycles. The largest absolute Gasteiger partial charge is 0.481 e. The lowest BCUT2D eigenvalue weighted by atomic mass is 9.97. The first kappa shape index (κ1) is 24.3. The second-order valence-electron chi connectivity index (χ2n) is 8.67. The van der Waals surface area contributed by atoms with Gasteiger partial charge in [-0.3, -0.25) is 9.59 Å². The van der Waals surface area contributed by atoms with E-state index in [9.17, 15) is 19.5 Å². The van der Waals surface area contributed by atoms with Crippen molar-refractivity contribution >= 4 is 18.0 Å². The Morgan fingerprint density at radius 2 is 1.61 bits per heavy atom. The number of carboxylic acids is 1. The highest BCUT2D eigenvalue weighted by Gasteiger charge is 2.35. The van der Waals surface area contributed by atoms with Gasteiger partial charge < -0.3 is 20.5 Å². The molecule has 176 valence electrons. The fraction of sp³-hybridized carbons (Fsp3) is 0.423. The average molecular weight is 453 g/mol. The van der Waals surface area contributed by atoms with Gasteiger partial charge >= 0.3 is 12.1 Å². The molecular weight excluding hydrogens is 420 g/mol. The van der Waals surface area contributed by atoms with Gasteiger partial charge in [0.15, 0.2) is 0 Å². The maximum absolute atomic E-state index is 12.8. The van der Waals surface area contributed by atoms with Gasteiger partial charge in [0, 0.05) is 12.5 Å². The fourth-order valence-electron chi connectivity index (χ4n) is 4.24. The van der Waals surface area contributed by atoms with Gasteiger partial charge in [-0.25, -0.2) is 4.79 Å². The summed E-state index contributed by atoms with van der Waals surface area (Å²) in [4.78, 5) is 36.8. The summed E-state index contributed by atoms with van der Waals surface area (Å²) in [5, 5.41) is 14.7. The van der Waals surface area contributed by atoms with Gasteiger partial charge in [0.05, 0.1) is 5.92 Å². The predicted octanol–water partition coefficient (Wildman–Crippen LogP) is 4.31. The molecule has 3 rings (SSSR count). The van der Waals surface area contributed by atoms with Crippen LogP contribution in [-0.4, -0.2) is 41.8 Å². The average Bonchev–Trinajstić information content (AvgIpc) is 3.13. The van der Waals surface area contributed by atoms with Crippen LogP contribution in [-0.2, 0) is 14.3 Å². The van der Waals surface area contributed by atoms with E-state index in [1.165, 1.54) is 0 Å². The van der Waals surface area contributed by atoms with Crippen molar-refractivity contribution < 1.29 is 24.2 Å². The smallest absolute Gasteiger partial charge is 0.408 e. The molecular formula is C26H32N2O5. The van der Waals surface area contributed by atoms with E-state index < -0.39 is 29.4 Å². The Morgan fingerprint density at radius 3 is 2.12 bits per heavy atom. The number of rotatable bonds is 10. The Bertz CT molecular complexity index is 976. The van der Waals surface area contributed by atoms with E-state index in [0.717, 1.165) is 22.3 Å². The molecule has 0 heterocycles. The zero-order chi connectivity index (χ0) is 24.0. The number of hydrogen-bond acceptors (Lipinski definition) is 4. The number of ether oxygens (including phenoxy) is 1. The first-order valence-electron chi connectivity index (χ1n) is 11.4. The molecule has 7 nitrogen and oxygen atoms in total. The molecule has 2 aromatic rings. The summed E-state index contributed by atoms with van der Waals surface area (Å²) in [6.07, 6.45) is 0.822. The fourth-order valence-corrected chi connectivity index (χ4v) is 4.24. The minimum atomic E-state index is -1.21. The summed E-state index contributed by atoms with van der Waals surface area (Å²) in [7, 11) is 0. The molecule has 2 unspecified atom stereocenters. The monoisotopic (exact) mass is 452 g/mol. The minimum Gasteiger partial charge on any atom is -0.481 e. The third-order valence-corrected chi connectivity index (χ3v) is 6.43. The van der Waals surface area contributed by atoms with Gasteiger partial charge in [-0.1, -0.05) is 68.8 Å². The summed E-state index contributed by atoms with van der Waals surface area (Å²) in [6.45, 7) is 5.46. The summed E-state index contributed by atoms with van der Waals surface area (Å²) >= 11 is 0. The van der Waals surface area contributed by atoms with E-state index >= 15 is 0 Å². The van der Waals surface area contributed by atoms with Gasteiger partial charge in [0.2, 0.25) is 5.91 Å². The highest BCUT2D eigenvalue weighted by atomic mass is 16.5. The molecule has 1 aliphatic carbocycles. The predicted molar refractivity (Wildman–Crippen MR) is 126 cm³/mol. The number of fused-ring (bicyclic) bond motifs is 3. The number of carboxylic acid groups (broad SMARTS) is 1. The minimum absolute atomic E-state index is 0.0178. The number of nitrogens with one attached hydrogen (secondary N) is 2.